The number of ether oxygens (including phenoxy) is 1. The second kappa shape index (κ2) is 8.34. The molecule has 1 saturated heterocycles. The van der Waals surface area contributed by atoms with Crippen LogP contribution in [0.1, 0.15) is 25.3 Å². The fourth-order valence-electron chi connectivity index (χ4n) is 2.44. The summed E-state index contributed by atoms with van der Waals surface area (Å²) in [6, 6.07) is 9.47. The number of carbonyl (C=O) groups is 1. The minimum absolute atomic E-state index is 0.222. The predicted molar refractivity (Wildman–Crippen MR) is 92.1 cm³/mol. The first-order chi connectivity index (χ1) is 11.1. The number of hydrogen-bond donors (Lipinski definition) is 2. The number of anilines is 1. The lowest BCUT2D eigenvalue weighted by Gasteiger charge is -2.32. The molecule has 2 N–H and O–H groups in total. The summed E-state index contributed by atoms with van der Waals surface area (Å²) in [6.45, 7) is 3.51. The van der Waals surface area contributed by atoms with Crippen LogP contribution in [0.4, 0.5) is 10.5 Å². The van der Waals surface area contributed by atoms with Gasteiger partial charge in [0.25, 0.3) is 0 Å². The summed E-state index contributed by atoms with van der Waals surface area (Å²) in [4.78, 5) is 13.4. The smallest absolute Gasteiger partial charge is 0.409 e. The van der Waals surface area contributed by atoms with Crippen LogP contribution in [0, 0.1) is 11.3 Å². The quantitative estimate of drug-likeness (QED) is 0.828. The van der Waals surface area contributed by atoms with Crippen LogP contribution in [0.25, 0.3) is 0 Å². The molecule has 0 unspecified atom stereocenters. The summed E-state index contributed by atoms with van der Waals surface area (Å²) >= 11 is 5.31. The first-order valence-corrected chi connectivity index (χ1v) is 8.02. The summed E-state index contributed by atoms with van der Waals surface area (Å²) < 4.78 is 5.00. The van der Waals surface area contributed by atoms with Gasteiger partial charge in [-0.3, -0.25) is 0 Å². The molecule has 7 heteroatoms. The van der Waals surface area contributed by atoms with Gasteiger partial charge in [-0.15, -0.1) is 0 Å². The number of carbonyl (C=O) groups excluding carboxylic acids is 1. The zero-order valence-corrected chi connectivity index (χ0v) is 13.9. The van der Waals surface area contributed by atoms with Crippen LogP contribution in [-0.2, 0) is 4.74 Å². The molecule has 23 heavy (non-hydrogen) atoms. The lowest BCUT2D eigenvalue weighted by atomic mass is 10.1. The molecular formula is C16H20N4O2S. The van der Waals surface area contributed by atoms with Gasteiger partial charge in [-0.05, 0) is 50.2 Å². The van der Waals surface area contributed by atoms with E-state index in [1.165, 1.54) is 0 Å². The van der Waals surface area contributed by atoms with E-state index in [4.69, 9.17) is 22.2 Å². The standard InChI is InChI=1S/C16H20N4O2S/c1-2-22-16(21)20-8-6-13(7-9-20)18-15(23)19-14-5-3-4-12(10-14)11-17/h3-5,10,13H,2,6-9H2,1H3,(H2,18,19,23). The number of nitrogens with one attached hydrogen (secondary N) is 2. The first-order valence-electron chi connectivity index (χ1n) is 7.61. The molecule has 0 bridgehead atoms. The summed E-state index contributed by atoms with van der Waals surface area (Å²) in [5.74, 6) is 0. The summed E-state index contributed by atoms with van der Waals surface area (Å²) in [5, 5.41) is 15.8. The molecule has 6 nitrogen and oxygen atoms in total. The second-order valence-corrected chi connectivity index (χ2v) is 5.66. The van der Waals surface area contributed by atoms with E-state index in [-0.39, 0.29) is 12.1 Å². The van der Waals surface area contributed by atoms with Gasteiger partial charge >= 0.3 is 6.09 Å². The molecule has 1 aromatic carbocycles. The number of thiocarbonyl (C=S) groups is 1. The van der Waals surface area contributed by atoms with Crippen molar-refractivity contribution in [1.82, 2.24) is 10.2 Å². The van der Waals surface area contributed by atoms with E-state index in [1.54, 1.807) is 30.0 Å². The molecule has 122 valence electrons. The molecule has 2 rings (SSSR count). The molecule has 1 aliphatic heterocycles. The van der Waals surface area contributed by atoms with Crippen molar-refractivity contribution < 1.29 is 9.53 Å². The third-order valence-corrected chi connectivity index (χ3v) is 3.83. The van der Waals surface area contributed by atoms with Crippen molar-refractivity contribution in [3.8, 4) is 6.07 Å². The first kappa shape index (κ1) is 17.0. The highest BCUT2D eigenvalue weighted by molar-refractivity contribution is 7.80. The number of hydrogen-bond acceptors (Lipinski definition) is 4. The van der Waals surface area contributed by atoms with Gasteiger partial charge in [0.2, 0.25) is 0 Å². The summed E-state index contributed by atoms with van der Waals surface area (Å²) in [7, 11) is 0. The molecule has 1 amide bonds. The molecule has 0 radical (unpaired) electrons. The normalized spacial score (nSPS) is 14.7. The highest BCUT2D eigenvalue weighted by Gasteiger charge is 2.23. The third-order valence-electron chi connectivity index (χ3n) is 3.61. The summed E-state index contributed by atoms with van der Waals surface area (Å²) in [6.07, 6.45) is 1.39. The number of nitriles is 1. The second-order valence-electron chi connectivity index (χ2n) is 5.25. The van der Waals surface area contributed by atoms with Gasteiger partial charge in [-0.2, -0.15) is 5.26 Å². The Morgan fingerprint density at radius 2 is 2.22 bits per heavy atom. The van der Waals surface area contributed by atoms with Crippen molar-refractivity contribution >= 4 is 29.1 Å². The SMILES string of the molecule is CCOC(=O)N1CCC(NC(=S)Nc2cccc(C#N)c2)CC1. The maximum Gasteiger partial charge on any atom is 0.409 e. The van der Waals surface area contributed by atoms with Gasteiger partial charge in [0.15, 0.2) is 5.11 Å². The van der Waals surface area contributed by atoms with Gasteiger partial charge < -0.3 is 20.3 Å². The molecule has 1 aromatic rings. The number of piperidine rings is 1. The van der Waals surface area contributed by atoms with Crippen molar-refractivity contribution in [2.75, 3.05) is 25.0 Å². The fourth-order valence-corrected chi connectivity index (χ4v) is 2.72. The Balaban J connectivity index is 1.78. The molecule has 1 heterocycles. The van der Waals surface area contributed by atoms with Gasteiger partial charge in [0, 0.05) is 24.8 Å². The van der Waals surface area contributed by atoms with Crippen LogP contribution in [0.5, 0.6) is 0 Å². The molecule has 0 aliphatic carbocycles. The van der Waals surface area contributed by atoms with Crippen molar-refractivity contribution in [2.45, 2.75) is 25.8 Å². The lowest BCUT2D eigenvalue weighted by Crippen LogP contribution is -2.47. The molecular weight excluding hydrogens is 312 g/mol. The third kappa shape index (κ3) is 5.11. The lowest BCUT2D eigenvalue weighted by molar-refractivity contribution is 0.0964. The Hall–Kier alpha value is -2.33. The van der Waals surface area contributed by atoms with Gasteiger partial charge in [-0.1, -0.05) is 6.07 Å². The Bertz CT molecular complexity index is 606. The Kier molecular flexibility index (Phi) is 6.18. The maximum atomic E-state index is 11.6. The molecule has 0 saturated carbocycles. The largest absolute Gasteiger partial charge is 0.450 e. The van der Waals surface area contributed by atoms with Crippen molar-refractivity contribution in [1.29, 1.82) is 5.26 Å². The highest BCUT2D eigenvalue weighted by atomic mass is 32.1. The monoisotopic (exact) mass is 332 g/mol. The van der Waals surface area contributed by atoms with E-state index in [0.29, 0.717) is 30.4 Å². The number of amides is 1. The van der Waals surface area contributed by atoms with Gasteiger partial charge in [-0.25, -0.2) is 4.79 Å². The number of rotatable bonds is 3. The zero-order chi connectivity index (χ0) is 16.7. The van der Waals surface area contributed by atoms with E-state index >= 15 is 0 Å². The predicted octanol–water partition coefficient (Wildman–Crippen LogP) is 2.47. The summed E-state index contributed by atoms with van der Waals surface area (Å²) in [5.41, 5.74) is 1.37. The molecule has 1 fully saturated rings. The molecule has 0 spiro atoms. The minimum Gasteiger partial charge on any atom is -0.450 e. The van der Waals surface area contributed by atoms with Crippen LogP contribution in [0.3, 0.4) is 0 Å². The van der Waals surface area contributed by atoms with Crippen LogP contribution >= 0.6 is 12.2 Å². The number of nitrogens with zero attached hydrogens (tertiary/aromatic N) is 2. The van der Waals surface area contributed by atoms with E-state index in [2.05, 4.69) is 16.7 Å². The number of likely N-dealkylation sites (tertiary alicyclic amines) is 1. The molecule has 0 aromatic heterocycles. The van der Waals surface area contributed by atoms with Crippen LogP contribution in [0.15, 0.2) is 24.3 Å². The fraction of sp³-hybridized carbons (Fsp3) is 0.438. The average molecular weight is 332 g/mol. The Labute approximate surface area is 141 Å². The van der Waals surface area contributed by atoms with Crippen molar-refractivity contribution in [3.63, 3.8) is 0 Å². The zero-order valence-electron chi connectivity index (χ0n) is 13.0. The topological polar surface area (TPSA) is 77.4 Å². The average Bonchev–Trinajstić information content (AvgIpc) is 2.55. The van der Waals surface area contributed by atoms with Crippen molar-refractivity contribution in [2.24, 2.45) is 0 Å². The Morgan fingerprint density at radius 1 is 1.48 bits per heavy atom. The molecule has 1 aliphatic rings. The highest BCUT2D eigenvalue weighted by Crippen LogP contribution is 2.13. The van der Waals surface area contributed by atoms with Gasteiger partial charge in [0.05, 0.1) is 18.2 Å². The van der Waals surface area contributed by atoms with Crippen molar-refractivity contribution in [3.05, 3.63) is 29.8 Å². The maximum absolute atomic E-state index is 11.6. The molecule has 0 atom stereocenters. The number of benzene rings is 1. The van der Waals surface area contributed by atoms with Crippen LogP contribution in [-0.4, -0.2) is 41.8 Å². The van der Waals surface area contributed by atoms with Crippen LogP contribution in [0.2, 0.25) is 0 Å². The van der Waals surface area contributed by atoms with Crippen LogP contribution < -0.4 is 10.6 Å². The minimum atomic E-state index is -0.250. The van der Waals surface area contributed by atoms with E-state index in [9.17, 15) is 4.79 Å². The van der Waals surface area contributed by atoms with Gasteiger partial charge in [0.1, 0.15) is 0 Å². The Morgan fingerprint density at radius 3 is 2.87 bits per heavy atom. The van der Waals surface area contributed by atoms with E-state index in [0.717, 1.165) is 18.5 Å². The van der Waals surface area contributed by atoms with E-state index < -0.39 is 0 Å². The van der Waals surface area contributed by atoms with E-state index in [1.807, 2.05) is 6.07 Å².